The predicted octanol–water partition coefficient (Wildman–Crippen LogP) is 7.51. The third kappa shape index (κ3) is 2.65. The van der Waals surface area contributed by atoms with Gasteiger partial charge in [0, 0.05) is 5.41 Å². The second kappa shape index (κ2) is 6.87. The molecule has 0 bridgehead atoms. The highest BCUT2D eigenvalue weighted by Gasteiger charge is 2.47. The molecule has 0 aromatic heterocycles. The van der Waals surface area contributed by atoms with Crippen LogP contribution < -0.4 is 0 Å². The van der Waals surface area contributed by atoms with Crippen molar-refractivity contribution in [2.24, 2.45) is 5.92 Å². The van der Waals surface area contributed by atoms with Crippen LogP contribution in [0.2, 0.25) is 0 Å². The van der Waals surface area contributed by atoms with Crippen LogP contribution in [0.15, 0.2) is 30.3 Å². The Morgan fingerprint density at radius 1 is 1.04 bits per heavy atom. The third-order valence-corrected chi connectivity index (χ3v) is 7.22. The van der Waals surface area contributed by atoms with Crippen LogP contribution in [0.5, 0.6) is 0 Å². The first-order valence-electron chi connectivity index (χ1n) is 10.8. The summed E-state index contributed by atoms with van der Waals surface area (Å²) in [4.78, 5) is 0. The number of hydrogen-bond acceptors (Lipinski definition) is 0. The van der Waals surface area contributed by atoms with Crippen LogP contribution in [-0.2, 0) is 11.8 Å². The van der Waals surface area contributed by atoms with Crippen LogP contribution in [0.1, 0.15) is 86.6 Å². The molecule has 2 aliphatic carbocycles. The van der Waals surface area contributed by atoms with Gasteiger partial charge in [-0.15, -0.1) is 0 Å². The Kier molecular flexibility index (Phi) is 4.71. The van der Waals surface area contributed by atoms with Crippen molar-refractivity contribution in [1.29, 1.82) is 0 Å². The molecule has 4 rings (SSSR count). The summed E-state index contributed by atoms with van der Waals surface area (Å²) in [5.74, 6) is 0.848. The lowest BCUT2D eigenvalue weighted by molar-refractivity contribution is 0.303. The smallest absolute Gasteiger partial charge is 0.0220 e. The van der Waals surface area contributed by atoms with Gasteiger partial charge in [-0.25, -0.2) is 0 Å². The van der Waals surface area contributed by atoms with Gasteiger partial charge in [0.15, 0.2) is 0 Å². The Bertz CT molecular complexity index is 813. The van der Waals surface area contributed by atoms with Crippen molar-refractivity contribution >= 4 is 0 Å². The largest absolute Gasteiger partial charge is 0.0654 e. The summed E-state index contributed by atoms with van der Waals surface area (Å²) >= 11 is 0. The molecule has 2 aromatic carbocycles. The summed E-state index contributed by atoms with van der Waals surface area (Å²) in [5, 5.41) is 0. The van der Waals surface area contributed by atoms with Crippen molar-refractivity contribution in [2.75, 3.05) is 0 Å². The normalized spacial score (nSPS) is 21.4. The summed E-state index contributed by atoms with van der Waals surface area (Å²) in [6.07, 6.45) is 10.7. The highest BCUT2D eigenvalue weighted by Crippen LogP contribution is 2.58. The molecule has 0 saturated carbocycles. The fourth-order valence-corrected chi connectivity index (χ4v) is 5.85. The Balaban J connectivity index is 1.90. The van der Waals surface area contributed by atoms with Gasteiger partial charge in [-0.2, -0.15) is 0 Å². The molecule has 0 spiro atoms. The molecule has 0 radical (unpaired) electrons. The minimum Gasteiger partial charge on any atom is -0.0654 e. The van der Waals surface area contributed by atoms with E-state index >= 15 is 0 Å². The van der Waals surface area contributed by atoms with Gasteiger partial charge in [0.1, 0.15) is 0 Å². The summed E-state index contributed by atoms with van der Waals surface area (Å²) in [6, 6.07) is 12.0. The second-order valence-corrected chi connectivity index (χ2v) is 8.89. The molecule has 0 fully saturated rings. The van der Waals surface area contributed by atoms with Crippen LogP contribution in [0.25, 0.3) is 11.1 Å². The van der Waals surface area contributed by atoms with E-state index in [4.69, 9.17) is 0 Å². The van der Waals surface area contributed by atoms with Gasteiger partial charge in [0.25, 0.3) is 0 Å². The van der Waals surface area contributed by atoms with Gasteiger partial charge < -0.3 is 0 Å². The molecule has 2 atom stereocenters. The molecule has 0 amide bonds. The lowest BCUT2D eigenvalue weighted by Crippen LogP contribution is -2.33. The standard InChI is InChI=1S/C26H34/c1-5-7-9-20(6-2)17-26-15-8-10-21-19(4)12-14-23(25(21)26)22-13-11-18(3)16-24(22)26/h11-14,16,20H,5-10,15,17H2,1-4H3. The van der Waals surface area contributed by atoms with Crippen molar-refractivity contribution in [3.8, 4) is 11.1 Å². The molecule has 0 aliphatic heterocycles. The van der Waals surface area contributed by atoms with E-state index in [1.165, 1.54) is 68.1 Å². The first kappa shape index (κ1) is 17.8. The summed E-state index contributed by atoms with van der Waals surface area (Å²) in [6.45, 7) is 9.33. The van der Waals surface area contributed by atoms with E-state index in [-0.39, 0.29) is 5.41 Å². The SMILES string of the molecule is CCCCC(CC)CC12CCCc3c(C)ccc(c31)-c1ccc(C)cc12. The average Bonchev–Trinajstić information content (AvgIpc) is 2.92. The fraction of sp³-hybridized carbons (Fsp3) is 0.538. The Morgan fingerprint density at radius 3 is 2.62 bits per heavy atom. The average molecular weight is 347 g/mol. The molecule has 2 aliphatic rings. The monoisotopic (exact) mass is 346 g/mol. The van der Waals surface area contributed by atoms with Gasteiger partial charge in [-0.05, 0) is 78.8 Å². The van der Waals surface area contributed by atoms with Gasteiger partial charge in [0.2, 0.25) is 0 Å². The van der Waals surface area contributed by atoms with Gasteiger partial charge in [-0.3, -0.25) is 0 Å². The minimum absolute atomic E-state index is 0.282. The number of benzene rings is 2. The Hall–Kier alpha value is -1.56. The summed E-state index contributed by atoms with van der Waals surface area (Å²) < 4.78 is 0. The van der Waals surface area contributed by atoms with Crippen molar-refractivity contribution in [3.63, 3.8) is 0 Å². The molecule has 0 nitrogen and oxygen atoms in total. The van der Waals surface area contributed by atoms with E-state index in [1.807, 2.05) is 0 Å². The highest BCUT2D eigenvalue weighted by atomic mass is 14.5. The maximum atomic E-state index is 2.52. The van der Waals surface area contributed by atoms with Crippen LogP contribution in [-0.4, -0.2) is 0 Å². The molecular formula is C26H34. The van der Waals surface area contributed by atoms with E-state index in [0.29, 0.717) is 0 Å². The van der Waals surface area contributed by atoms with Crippen LogP contribution >= 0.6 is 0 Å². The molecule has 0 N–H and O–H groups in total. The number of unbranched alkanes of at least 4 members (excludes halogenated alkanes) is 1. The minimum atomic E-state index is 0.282. The van der Waals surface area contributed by atoms with Crippen molar-refractivity contribution in [3.05, 3.63) is 58.1 Å². The number of fused-ring (bicyclic) bond motifs is 3. The van der Waals surface area contributed by atoms with Crippen LogP contribution in [0.4, 0.5) is 0 Å². The quantitative estimate of drug-likeness (QED) is 0.507. The topological polar surface area (TPSA) is 0 Å². The summed E-state index contributed by atoms with van der Waals surface area (Å²) in [5.41, 5.74) is 11.3. The summed E-state index contributed by atoms with van der Waals surface area (Å²) in [7, 11) is 0. The van der Waals surface area contributed by atoms with Crippen molar-refractivity contribution in [1.82, 2.24) is 0 Å². The maximum absolute atomic E-state index is 2.52. The van der Waals surface area contributed by atoms with Gasteiger partial charge >= 0.3 is 0 Å². The van der Waals surface area contributed by atoms with E-state index in [0.717, 1.165) is 5.92 Å². The molecule has 0 heterocycles. The fourth-order valence-electron chi connectivity index (χ4n) is 5.85. The molecule has 2 aromatic rings. The Morgan fingerprint density at radius 2 is 1.85 bits per heavy atom. The van der Waals surface area contributed by atoms with E-state index in [9.17, 15) is 0 Å². The third-order valence-electron chi connectivity index (χ3n) is 7.22. The highest BCUT2D eigenvalue weighted by molar-refractivity contribution is 5.83. The molecule has 26 heavy (non-hydrogen) atoms. The lowest BCUT2D eigenvalue weighted by Gasteiger charge is -2.40. The number of hydrogen-bond donors (Lipinski definition) is 0. The molecule has 0 heteroatoms. The lowest BCUT2D eigenvalue weighted by atomic mass is 9.63. The predicted molar refractivity (Wildman–Crippen MR) is 113 cm³/mol. The van der Waals surface area contributed by atoms with Crippen molar-refractivity contribution < 1.29 is 0 Å². The van der Waals surface area contributed by atoms with Crippen molar-refractivity contribution in [2.45, 2.75) is 84.5 Å². The zero-order valence-corrected chi connectivity index (χ0v) is 17.1. The van der Waals surface area contributed by atoms with Gasteiger partial charge in [-0.1, -0.05) is 75.4 Å². The molecule has 138 valence electrons. The molecule has 0 saturated heterocycles. The maximum Gasteiger partial charge on any atom is 0.0220 e. The van der Waals surface area contributed by atoms with E-state index in [2.05, 4.69) is 58.0 Å². The molecular weight excluding hydrogens is 312 g/mol. The van der Waals surface area contributed by atoms with E-state index < -0.39 is 0 Å². The number of rotatable bonds is 6. The Labute approximate surface area is 160 Å². The van der Waals surface area contributed by atoms with Crippen LogP contribution in [0, 0.1) is 19.8 Å². The zero-order valence-electron chi connectivity index (χ0n) is 17.1. The van der Waals surface area contributed by atoms with Crippen LogP contribution in [0.3, 0.4) is 0 Å². The van der Waals surface area contributed by atoms with Gasteiger partial charge in [0.05, 0.1) is 0 Å². The first-order valence-corrected chi connectivity index (χ1v) is 10.8. The first-order chi connectivity index (χ1) is 12.6. The second-order valence-electron chi connectivity index (χ2n) is 8.89. The van der Waals surface area contributed by atoms with E-state index in [1.54, 1.807) is 22.3 Å². The zero-order chi connectivity index (χ0) is 18.3. The molecule has 2 unspecified atom stereocenters. The number of aryl methyl sites for hydroxylation is 2.